The summed E-state index contributed by atoms with van der Waals surface area (Å²) in [6, 6.07) is 8.96. The number of ketones is 1. The molecule has 1 amide bonds. The number of ether oxygens (including phenoxy) is 1. The lowest BCUT2D eigenvalue weighted by Crippen LogP contribution is -2.36. The standard InChI is InChI=1S/C16H23NO3/c1-4-10-14(20-16(19)17(5-2)6-3)15(18)13-11-8-7-9-12-13/h7-9,11-12,14H,4-6,10H2,1-3H3. The summed E-state index contributed by atoms with van der Waals surface area (Å²) in [5.41, 5.74) is 0.582. The number of hydrogen-bond donors (Lipinski definition) is 0. The molecular formula is C16H23NO3. The van der Waals surface area contributed by atoms with Crippen LogP contribution >= 0.6 is 0 Å². The van der Waals surface area contributed by atoms with Crippen molar-refractivity contribution in [1.29, 1.82) is 0 Å². The van der Waals surface area contributed by atoms with Crippen molar-refractivity contribution in [2.24, 2.45) is 0 Å². The Balaban J connectivity index is 2.79. The van der Waals surface area contributed by atoms with E-state index in [0.29, 0.717) is 25.1 Å². The van der Waals surface area contributed by atoms with Crippen molar-refractivity contribution in [3.63, 3.8) is 0 Å². The highest BCUT2D eigenvalue weighted by molar-refractivity contribution is 6.00. The fraction of sp³-hybridized carbons (Fsp3) is 0.500. The van der Waals surface area contributed by atoms with Crippen LogP contribution in [0.2, 0.25) is 0 Å². The first-order valence-electron chi connectivity index (χ1n) is 7.18. The molecule has 110 valence electrons. The van der Waals surface area contributed by atoms with Crippen LogP contribution in [0.1, 0.15) is 44.0 Å². The van der Waals surface area contributed by atoms with Gasteiger partial charge in [0.25, 0.3) is 0 Å². The summed E-state index contributed by atoms with van der Waals surface area (Å²) in [5, 5.41) is 0. The van der Waals surface area contributed by atoms with E-state index in [1.165, 1.54) is 0 Å². The summed E-state index contributed by atoms with van der Waals surface area (Å²) >= 11 is 0. The minimum Gasteiger partial charge on any atom is -0.438 e. The molecule has 4 heteroatoms. The highest BCUT2D eigenvalue weighted by Gasteiger charge is 2.25. The summed E-state index contributed by atoms with van der Waals surface area (Å²) in [7, 11) is 0. The van der Waals surface area contributed by atoms with E-state index in [4.69, 9.17) is 4.74 Å². The summed E-state index contributed by atoms with van der Waals surface area (Å²) in [4.78, 5) is 25.9. The molecule has 20 heavy (non-hydrogen) atoms. The maximum Gasteiger partial charge on any atom is 0.410 e. The Kier molecular flexibility index (Phi) is 6.77. The third-order valence-electron chi connectivity index (χ3n) is 3.17. The maximum atomic E-state index is 12.4. The van der Waals surface area contributed by atoms with Gasteiger partial charge in [0.15, 0.2) is 6.10 Å². The third kappa shape index (κ3) is 4.37. The number of nitrogens with zero attached hydrogens (tertiary/aromatic N) is 1. The fourth-order valence-corrected chi connectivity index (χ4v) is 1.97. The lowest BCUT2D eigenvalue weighted by molar-refractivity contribution is 0.0476. The minimum atomic E-state index is -0.699. The highest BCUT2D eigenvalue weighted by atomic mass is 16.6. The van der Waals surface area contributed by atoms with Crippen molar-refractivity contribution in [3.8, 4) is 0 Å². The Morgan fingerprint density at radius 1 is 1.10 bits per heavy atom. The lowest BCUT2D eigenvalue weighted by Gasteiger charge is -2.22. The predicted octanol–water partition coefficient (Wildman–Crippen LogP) is 3.52. The number of carbonyl (C=O) groups excluding carboxylic acids is 2. The first kappa shape index (κ1) is 16.2. The fourth-order valence-electron chi connectivity index (χ4n) is 1.97. The molecule has 1 atom stereocenters. The Morgan fingerprint density at radius 2 is 1.70 bits per heavy atom. The van der Waals surface area contributed by atoms with E-state index in [1.807, 2.05) is 39.0 Å². The van der Waals surface area contributed by atoms with Gasteiger partial charge in [-0.1, -0.05) is 43.7 Å². The number of Topliss-reactive ketones (excluding diaryl/α,β-unsaturated/α-hetero) is 1. The maximum absolute atomic E-state index is 12.4. The van der Waals surface area contributed by atoms with E-state index in [2.05, 4.69) is 0 Å². The number of benzene rings is 1. The Hall–Kier alpha value is -1.84. The predicted molar refractivity (Wildman–Crippen MR) is 78.9 cm³/mol. The van der Waals surface area contributed by atoms with Crippen LogP contribution < -0.4 is 0 Å². The van der Waals surface area contributed by atoms with E-state index in [-0.39, 0.29) is 5.78 Å². The van der Waals surface area contributed by atoms with Crippen molar-refractivity contribution < 1.29 is 14.3 Å². The average molecular weight is 277 g/mol. The summed E-state index contributed by atoms with van der Waals surface area (Å²) in [5.74, 6) is -0.132. The van der Waals surface area contributed by atoms with Gasteiger partial charge in [-0.15, -0.1) is 0 Å². The van der Waals surface area contributed by atoms with Crippen LogP contribution in [0.15, 0.2) is 30.3 Å². The molecule has 0 heterocycles. The molecule has 0 fully saturated rings. The zero-order chi connectivity index (χ0) is 15.0. The average Bonchev–Trinajstić information content (AvgIpc) is 2.48. The molecule has 0 saturated carbocycles. The van der Waals surface area contributed by atoms with Crippen molar-refractivity contribution in [2.45, 2.75) is 39.7 Å². The van der Waals surface area contributed by atoms with Crippen molar-refractivity contribution in [1.82, 2.24) is 4.90 Å². The zero-order valence-electron chi connectivity index (χ0n) is 12.5. The van der Waals surface area contributed by atoms with Gasteiger partial charge in [0, 0.05) is 18.7 Å². The molecule has 0 spiro atoms. The van der Waals surface area contributed by atoms with Gasteiger partial charge < -0.3 is 9.64 Å². The van der Waals surface area contributed by atoms with Gasteiger partial charge in [0.05, 0.1) is 0 Å². The second-order valence-electron chi connectivity index (χ2n) is 4.56. The van der Waals surface area contributed by atoms with Crippen LogP contribution in [0.5, 0.6) is 0 Å². The molecule has 4 nitrogen and oxygen atoms in total. The summed E-state index contributed by atoms with van der Waals surface area (Å²) < 4.78 is 5.39. The molecular weight excluding hydrogens is 254 g/mol. The van der Waals surface area contributed by atoms with Crippen LogP contribution in [0.4, 0.5) is 4.79 Å². The minimum absolute atomic E-state index is 0.132. The largest absolute Gasteiger partial charge is 0.438 e. The topological polar surface area (TPSA) is 46.6 Å². The smallest absolute Gasteiger partial charge is 0.410 e. The Morgan fingerprint density at radius 3 is 2.20 bits per heavy atom. The van der Waals surface area contributed by atoms with E-state index < -0.39 is 12.2 Å². The molecule has 0 aromatic heterocycles. The lowest BCUT2D eigenvalue weighted by atomic mass is 10.0. The van der Waals surface area contributed by atoms with Gasteiger partial charge in [-0.25, -0.2) is 4.79 Å². The van der Waals surface area contributed by atoms with E-state index in [1.54, 1.807) is 17.0 Å². The summed E-state index contributed by atoms with van der Waals surface area (Å²) in [6.07, 6.45) is 0.211. The van der Waals surface area contributed by atoms with Crippen LogP contribution in [0, 0.1) is 0 Å². The third-order valence-corrected chi connectivity index (χ3v) is 3.17. The first-order chi connectivity index (χ1) is 9.63. The molecule has 1 rings (SSSR count). The molecule has 0 aliphatic carbocycles. The molecule has 0 aliphatic heterocycles. The monoisotopic (exact) mass is 277 g/mol. The van der Waals surface area contributed by atoms with Gasteiger partial charge in [-0.2, -0.15) is 0 Å². The van der Waals surface area contributed by atoms with Gasteiger partial charge in [-0.3, -0.25) is 4.79 Å². The van der Waals surface area contributed by atoms with E-state index in [0.717, 1.165) is 6.42 Å². The molecule has 1 unspecified atom stereocenters. The molecule has 0 N–H and O–H groups in total. The number of carbonyl (C=O) groups is 2. The molecule has 1 aromatic rings. The van der Waals surface area contributed by atoms with Gasteiger partial charge in [0.2, 0.25) is 5.78 Å². The van der Waals surface area contributed by atoms with Gasteiger partial charge in [0.1, 0.15) is 0 Å². The van der Waals surface area contributed by atoms with Gasteiger partial charge in [-0.05, 0) is 20.3 Å². The van der Waals surface area contributed by atoms with Crippen LogP contribution in [-0.2, 0) is 4.74 Å². The number of amides is 1. The zero-order valence-corrected chi connectivity index (χ0v) is 12.5. The van der Waals surface area contributed by atoms with Crippen LogP contribution in [0.25, 0.3) is 0 Å². The molecule has 0 saturated heterocycles. The molecule has 0 aliphatic rings. The Bertz CT molecular complexity index is 427. The SMILES string of the molecule is CCCC(OC(=O)N(CC)CC)C(=O)c1ccccc1. The second kappa shape index (κ2) is 8.35. The van der Waals surface area contributed by atoms with Crippen molar-refractivity contribution >= 4 is 11.9 Å². The van der Waals surface area contributed by atoms with E-state index >= 15 is 0 Å². The normalized spacial score (nSPS) is 11.8. The highest BCUT2D eigenvalue weighted by Crippen LogP contribution is 2.13. The molecule has 0 radical (unpaired) electrons. The molecule has 0 bridgehead atoms. The van der Waals surface area contributed by atoms with Crippen LogP contribution in [-0.4, -0.2) is 36.0 Å². The molecule has 1 aromatic carbocycles. The quantitative estimate of drug-likeness (QED) is 0.716. The second-order valence-corrected chi connectivity index (χ2v) is 4.56. The van der Waals surface area contributed by atoms with Crippen molar-refractivity contribution in [3.05, 3.63) is 35.9 Å². The first-order valence-corrected chi connectivity index (χ1v) is 7.18. The number of rotatable bonds is 7. The number of hydrogen-bond acceptors (Lipinski definition) is 3. The van der Waals surface area contributed by atoms with Gasteiger partial charge >= 0.3 is 6.09 Å². The van der Waals surface area contributed by atoms with E-state index in [9.17, 15) is 9.59 Å². The summed E-state index contributed by atoms with van der Waals surface area (Å²) in [6.45, 7) is 6.90. The van der Waals surface area contributed by atoms with Crippen molar-refractivity contribution in [2.75, 3.05) is 13.1 Å². The Labute approximate surface area is 120 Å². The van der Waals surface area contributed by atoms with Crippen LogP contribution in [0.3, 0.4) is 0 Å².